The van der Waals surface area contributed by atoms with Crippen LogP contribution in [-0.4, -0.2) is 84.5 Å². The fourth-order valence-corrected chi connectivity index (χ4v) is 8.08. The Labute approximate surface area is 294 Å². The van der Waals surface area contributed by atoms with Crippen LogP contribution in [-0.2, 0) is 23.8 Å². The van der Waals surface area contributed by atoms with Gasteiger partial charge in [-0.05, 0) is 102 Å². The van der Waals surface area contributed by atoms with E-state index < -0.39 is 36.4 Å². The van der Waals surface area contributed by atoms with Crippen LogP contribution < -0.4 is 10.6 Å². The minimum absolute atomic E-state index is 0.00848. The third-order valence-electron chi connectivity index (χ3n) is 10.8. The summed E-state index contributed by atoms with van der Waals surface area (Å²) in [5.41, 5.74) is 0.955. The molecule has 50 heavy (non-hydrogen) atoms. The average molecular weight is 699 g/mol. The van der Waals surface area contributed by atoms with Crippen LogP contribution in [0.1, 0.15) is 102 Å². The highest BCUT2D eigenvalue weighted by Crippen LogP contribution is 2.41. The summed E-state index contributed by atoms with van der Waals surface area (Å²) >= 11 is 0. The molecule has 11 nitrogen and oxygen atoms in total. The molecule has 4 atom stereocenters. The summed E-state index contributed by atoms with van der Waals surface area (Å²) in [7, 11) is 1.56. The third kappa shape index (κ3) is 9.35. The molecule has 3 aliphatic rings. The molecule has 276 valence electrons. The van der Waals surface area contributed by atoms with E-state index in [1.807, 2.05) is 24.0 Å². The van der Waals surface area contributed by atoms with Crippen molar-refractivity contribution in [3.8, 4) is 0 Å². The van der Waals surface area contributed by atoms with Gasteiger partial charge in [0, 0.05) is 36.2 Å². The van der Waals surface area contributed by atoms with E-state index in [9.17, 15) is 23.6 Å². The number of rotatable bonds is 11. The Balaban J connectivity index is 1.26. The van der Waals surface area contributed by atoms with Crippen molar-refractivity contribution in [2.45, 2.75) is 116 Å². The topological polar surface area (TPSA) is 139 Å². The molecule has 2 aromatic rings. The second-order valence-corrected chi connectivity index (χ2v) is 15.5. The summed E-state index contributed by atoms with van der Waals surface area (Å²) in [4.78, 5) is 58.2. The number of methoxy groups -OCH3 is 1. The average Bonchev–Trinajstić information content (AvgIpc) is 3.74. The smallest absolute Gasteiger partial charge is 0.407 e. The quantitative estimate of drug-likeness (QED) is 0.220. The fourth-order valence-electron chi connectivity index (χ4n) is 8.08. The molecule has 2 aliphatic carbocycles. The van der Waals surface area contributed by atoms with Crippen LogP contribution in [0.25, 0.3) is 10.9 Å². The Hall–Kier alpha value is -3.67. The number of aromatic nitrogens is 1. The van der Waals surface area contributed by atoms with Crippen molar-refractivity contribution in [2.75, 3.05) is 32.3 Å². The summed E-state index contributed by atoms with van der Waals surface area (Å²) in [6, 6.07) is 5.89. The maximum Gasteiger partial charge on any atom is 0.407 e. The molecule has 3 fully saturated rings. The lowest BCUT2D eigenvalue weighted by Crippen LogP contribution is -2.50. The van der Waals surface area contributed by atoms with Gasteiger partial charge in [0.05, 0.1) is 12.1 Å². The highest BCUT2D eigenvalue weighted by Gasteiger charge is 2.47. The van der Waals surface area contributed by atoms with Crippen molar-refractivity contribution in [3.05, 3.63) is 30.0 Å². The van der Waals surface area contributed by atoms with Crippen LogP contribution in [0.2, 0.25) is 0 Å². The van der Waals surface area contributed by atoms with Crippen LogP contribution in [0.3, 0.4) is 0 Å². The van der Waals surface area contributed by atoms with Gasteiger partial charge in [-0.2, -0.15) is 0 Å². The minimum Gasteiger partial charge on any atom is -0.458 e. The zero-order chi connectivity index (χ0) is 36.0. The summed E-state index contributed by atoms with van der Waals surface area (Å²) in [6.45, 7) is 7.08. The molecule has 2 heterocycles. The first-order valence-corrected chi connectivity index (χ1v) is 18.4. The molecule has 1 aromatic carbocycles. The number of anilines is 1. The van der Waals surface area contributed by atoms with Gasteiger partial charge >= 0.3 is 12.1 Å². The van der Waals surface area contributed by atoms with Gasteiger partial charge in [0.15, 0.2) is 0 Å². The number of hydrogen-bond acceptors (Lipinski definition) is 7. The summed E-state index contributed by atoms with van der Waals surface area (Å²) in [5.74, 6) is -0.568. The second kappa shape index (κ2) is 16.6. The van der Waals surface area contributed by atoms with Crippen LogP contribution >= 0.6 is 0 Å². The number of aromatic amines is 1. The number of H-pyrrole nitrogens is 1. The highest BCUT2D eigenvalue weighted by atomic mass is 19.1. The predicted molar refractivity (Wildman–Crippen MR) is 188 cm³/mol. The molecule has 1 aliphatic heterocycles. The normalized spacial score (nSPS) is 24.4. The van der Waals surface area contributed by atoms with Crippen LogP contribution in [0.4, 0.5) is 14.9 Å². The van der Waals surface area contributed by atoms with E-state index in [1.165, 1.54) is 6.42 Å². The van der Waals surface area contributed by atoms with Crippen LogP contribution in [0, 0.1) is 23.7 Å². The number of alkyl halides is 1. The lowest BCUT2D eigenvalue weighted by Gasteiger charge is -2.37. The van der Waals surface area contributed by atoms with Gasteiger partial charge in [-0.3, -0.25) is 9.59 Å². The van der Waals surface area contributed by atoms with Crippen LogP contribution in [0.15, 0.2) is 24.3 Å². The molecule has 0 unspecified atom stereocenters. The van der Waals surface area contributed by atoms with E-state index in [1.54, 1.807) is 40.0 Å². The number of esters is 1. The minimum atomic E-state index is -0.701. The number of ether oxygens (including phenoxy) is 3. The molecule has 1 saturated heterocycles. The Kier molecular flexibility index (Phi) is 12.5. The van der Waals surface area contributed by atoms with Gasteiger partial charge in [-0.25, -0.2) is 14.0 Å². The van der Waals surface area contributed by atoms with Crippen molar-refractivity contribution in [1.82, 2.24) is 15.2 Å². The molecule has 0 radical (unpaired) electrons. The third-order valence-corrected chi connectivity index (χ3v) is 10.8. The van der Waals surface area contributed by atoms with E-state index in [4.69, 9.17) is 14.2 Å². The highest BCUT2D eigenvalue weighted by molar-refractivity contribution is 6.01. The monoisotopic (exact) mass is 698 g/mol. The Bertz CT molecular complexity index is 1490. The number of nitrogens with zero attached hydrogens (tertiary/aromatic N) is 1. The SMILES string of the molecule is CO[C@@H](C)COC(=O)c1cc2cc(NC(=O)[C@H]3[C@H](C4CCCCC4)CCN3C(=O)C3CCC([C@@H](CF)NC(=O)OC(C)(C)C)CC3)ccc2[nH]1. The molecule has 12 heteroatoms. The first-order chi connectivity index (χ1) is 23.9. The van der Waals surface area contributed by atoms with Gasteiger partial charge in [0.1, 0.15) is 30.6 Å². The molecule has 3 N–H and O–H groups in total. The largest absolute Gasteiger partial charge is 0.458 e. The Morgan fingerprint density at radius 3 is 2.38 bits per heavy atom. The standard InChI is InChI=1S/C38H55FN4O7/c1-23(48-5)22-49-36(46)31-20-27-19-28(15-16-30(27)41-31)40-34(44)33-29(24-9-7-6-8-10-24)17-18-43(33)35(45)26-13-11-25(12-14-26)32(21-39)42-37(47)50-38(2,3)4/h15-16,19-20,23-26,29,32-33,41H,6-14,17-18,21-22H2,1-5H3,(H,40,44)(H,42,47)/t23-,25?,26?,29-,32+,33+/m0/s1. The van der Waals surface area contributed by atoms with Gasteiger partial charge < -0.3 is 34.7 Å². The van der Waals surface area contributed by atoms with Gasteiger partial charge in [-0.1, -0.05) is 32.1 Å². The molecule has 3 amide bonds. The second-order valence-electron chi connectivity index (χ2n) is 15.5. The number of halogens is 1. The Morgan fingerprint density at radius 2 is 1.72 bits per heavy atom. The lowest BCUT2D eigenvalue weighted by molar-refractivity contribution is -0.142. The number of alkyl carbamates (subject to hydrolysis) is 1. The van der Waals surface area contributed by atoms with Crippen LogP contribution in [0.5, 0.6) is 0 Å². The molecule has 5 rings (SSSR count). The number of fused-ring (bicyclic) bond motifs is 1. The summed E-state index contributed by atoms with van der Waals surface area (Å²) < 4.78 is 29.9. The van der Waals surface area contributed by atoms with E-state index in [0.29, 0.717) is 49.5 Å². The van der Waals surface area contributed by atoms with Crippen molar-refractivity contribution in [2.24, 2.45) is 23.7 Å². The Morgan fingerprint density at radius 1 is 1.00 bits per heavy atom. The first-order valence-electron chi connectivity index (χ1n) is 18.4. The van der Waals surface area contributed by atoms with Crippen molar-refractivity contribution >= 4 is 40.5 Å². The van der Waals surface area contributed by atoms with E-state index >= 15 is 0 Å². The molecular formula is C38H55FN4O7. The number of amides is 3. The number of carbonyl (C=O) groups excluding carboxylic acids is 4. The van der Waals surface area contributed by atoms with Gasteiger partial charge in [0.2, 0.25) is 11.8 Å². The summed E-state index contributed by atoms with van der Waals surface area (Å²) in [6.07, 6.45) is 7.91. The summed E-state index contributed by atoms with van der Waals surface area (Å²) in [5, 5.41) is 6.56. The van der Waals surface area contributed by atoms with Crippen molar-refractivity contribution < 1.29 is 37.8 Å². The zero-order valence-corrected chi connectivity index (χ0v) is 30.2. The number of nitrogens with one attached hydrogen (secondary N) is 3. The molecule has 2 saturated carbocycles. The molecule has 1 aromatic heterocycles. The molecular weight excluding hydrogens is 643 g/mol. The van der Waals surface area contributed by atoms with Crippen molar-refractivity contribution in [3.63, 3.8) is 0 Å². The van der Waals surface area contributed by atoms with Crippen molar-refractivity contribution in [1.29, 1.82) is 0 Å². The van der Waals surface area contributed by atoms with Gasteiger partial charge in [-0.15, -0.1) is 0 Å². The number of carbonyl (C=O) groups is 4. The van der Waals surface area contributed by atoms with E-state index in [2.05, 4.69) is 15.6 Å². The zero-order valence-electron chi connectivity index (χ0n) is 30.2. The first kappa shape index (κ1) is 37.6. The number of benzene rings is 1. The number of likely N-dealkylation sites (tertiary alicyclic amines) is 1. The maximum absolute atomic E-state index is 14.2. The molecule has 0 bridgehead atoms. The van der Waals surface area contributed by atoms with E-state index in [0.717, 1.165) is 43.0 Å². The van der Waals surface area contributed by atoms with Gasteiger partial charge in [0.25, 0.3) is 0 Å². The molecule has 0 spiro atoms. The predicted octanol–water partition coefficient (Wildman–Crippen LogP) is 6.76. The number of hydrogen-bond donors (Lipinski definition) is 3. The van der Waals surface area contributed by atoms with E-state index in [-0.39, 0.29) is 42.3 Å². The maximum atomic E-state index is 14.2. The fraction of sp³-hybridized carbons (Fsp3) is 0.684. The lowest BCUT2D eigenvalue weighted by atomic mass is 9.76.